The molecule has 1 aromatic rings. The summed E-state index contributed by atoms with van der Waals surface area (Å²) in [6.45, 7) is 3.52. The second-order valence-corrected chi connectivity index (χ2v) is 7.76. The second-order valence-electron chi connectivity index (χ2n) is 6.13. The lowest BCUT2D eigenvalue weighted by Crippen LogP contribution is -2.50. The smallest absolute Gasteiger partial charge is 0.322 e. The molecule has 138 valence electrons. The minimum atomic E-state index is -0.181. The van der Waals surface area contributed by atoms with E-state index in [0.717, 1.165) is 30.3 Å². The van der Waals surface area contributed by atoms with Crippen LogP contribution in [0.25, 0.3) is 0 Å². The van der Waals surface area contributed by atoms with Gasteiger partial charge in [-0.1, -0.05) is 11.6 Å². The summed E-state index contributed by atoms with van der Waals surface area (Å²) in [7, 11) is 0. The summed E-state index contributed by atoms with van der Waals surface area (Å²) in [4.78, 5) is 16.6. The Hall–Kier alpha value is -1.15. The summed E-state index contributed by atoms with van der Waals surface area (Å²) in [5.74, 6) is 2.22. The largest absolute Gasteiger partial charge is 0.396 e. The molecule has 0 unspecified atom stereocenters. The molecule has 2 aliphatic heterocycles. The van der Waals surface area contributed by atoms with Gasteiger partial charge in [0.15, 0.2) is 0 Å². The lowest BCUT2D eigenvalue weighted by atomic mass is 10.2. The molecule has 0 saturated carbocycles. The predicted octanol–water partition coefficient (Wildman–Crippen LogP) is 2.51. The fraction of sp³-hybridized carbons (Fsp3) is 0.588. The highest BCUT2D eigenvalue weighted by molar-refractivity contribution is 7.99. The molecule has 0 aromatic heterocycles. The SMILES string of the molecule is O=C(Nc1ccc(N2CCSCC2)c(Cl)c1)N1CCOC[C@@H]1CCO. The van der Waals surface area contributed by atoms with Crippen molar-refractivity contribution in [2.24, 2.45) is 0 Å². The molecule has 2 fully saturated rings. The number of morpholine rings is 1. The van der Waals surface area contributed by atoms with E-state index in [4.69, 9.17) is 21.4 Å². The Kier molecular flexibility index (Phi) is 6.70. The maximum Gasteiger partial charge on any atom is 0.322 e. The van der Waals surface area contributed by atoms with Gasteiger partial charge in [0.05, 0.1) is 30.0 Å². The molecule has 6 nitrogen and oxygen atoms in total. The normalized spacial score (nSPS) is 21.3. The van der Waals surface area contributed by atoms with Gasteiger partial charge in [0.25, 0.3) is 0 Å². The number of thioether (sulfide) groups is 1. The van der Waals surface area contributed by atoms with E-state index in [-0.39, 0.29) is 18.7 Å². The number of amides is 2. The van der Waals surface area contributed by atoms with Crippen molar-refractivity contribution in [1.29, 1.82) is 0 Å². The van der Waals surface area contributed by atoms with Crippen LogP contribution in [0.1, 0.15) is 6.42 Å². The molecular formula is C17H24ClN3O3S. The van der Waals surface area contributed by atoms with Gasteiger partial charge in [-0.15, -0.1) is 0 Å². The molecule has 3 rings (SSSR count). The number of nitrogens with zero attached hydrogens (tertiary/aromatic N) is 2. The Morgan fingerprint density at radius 2 is 2.16 bits per heavy atom. The zero-order chi connectivity index (χ0) is 17.6. The quantitative estimate of drug-likeness (QED) is 0.833. The van der Waals surface area contributed by atoms with Crippen molar-refractivity contribution in [3.05, 3.63) is 23.2 Å². The highest BCUT2D eigenvalue weighted by atomic mass is 35.5. The van der Waals surface area contributed by atoms with Crippen LogP contribution in [0.5, 0.6) is 0 Å². The van der Waals surface area contributed by atoms with Crippen LogP contribution in [0.4, 0.5) is 16.2 Å². The van der Waals surface area contributed by atoms with Gasteiger partial charge in [0.1, 0.15) is 0 Å². The van der Waals surface area contributed by atoms with E-state index in [1.165, 1.54) is 0 Å². The first-order chi connectivity index (χ1) is 12.2. The van der Waals surface area contributed by atoms with Crippen LogP contribution in [0.2, 0.25) is 5.02 Å². The van der Waals surface area contributed by atoms with Crippen molar-refractivity contribution in [1.82, 2.24) is 4.90 Å². The standard InChI is InChI=1S/C17H24ClN3O3S/c18-15-11-13(1-2-16(15)20-5-9-25-10-6-20)19-17(23)21-4-8-24-12-14(21)3-7-22/h1-2,11,14,22H,3-10,12H2,(H,19,23)/t14-/m0/s1. The van der Waals surface area contributed by atoms with Crippen molar-refractivity contribution < 1.29 is 14.6 Å². The second kappa shape index (κ2) is 8.98. The maximum absolute atomic E-state index is 12.6. The molecular weight excluding hydrogens is 362 g/mol. The fourth-order valence-corrected chi connectivity index (χ4v) is 4.35. The highest BCUT2D eigenvalue weighted by Crippen LogP contribution is 2.30. The summed E-state index contributed by atoms with van der Waals surface area (Å²) < 4.78 is 5.41. The molecule has 0 radical (unpaired) electrons. The van der Waals surface area contributed by atoms with Crippen LogP contribution in [-0.4, -0.2) is 73.0 Å². The number of aliphatic hydroxyl groups excluding tert-OH is 1. The third kappa shape index (κ3) is 4.73. The zero-order valence-corrected chi connectivity index (χ0v) is 15.7. The summed E-state index contributed by atoms with van der Waals surface area (Å²) in [6, 6.07) is 5.39. The molecule has 2 heterocycles. The van der Waals surface area contributed by atoms with Crippen LogP contribution in [0, 0.1) is 0 Å². The number of hydrogen-bond donors (Lipinski definition) is 2. The zero-order valence-electron chi connectivity index (χ0n) is 14.1. The van der Waals surface area contributed by atoms with Crippen LogP contribution >= 0.6 is 23.4 Å². The van der Waals surface area contributed by atoms with Crippen LogP contribution in [-0.2, 0) is 4.74 Å². The molecule has 1 atom stereocenters. The average molecular weight is 386 g/mol. The molecule has 1 aromatic carbocycles. The number of nitrogens with one attached hydrogen (secondary N) is 1. The lowest BCUT2D eigenvalue weighted by Gasteiger charge is -2.35. The maximum atomic E-state index is 12.6. The van der Waals surface area contributed by atoms with Crippen molar-refractivity contribution >= 4 is 40.8 Å². The summed E-state index contributed by atoms with van der Waals surface area (Å²) in [5.41, 5.74) is 1.70. The molecule has 0 spiro atoms. The van der Waals surface area contributed by atoms with E-state index in [2.05, 4.69) is 10.2 Å². The van der Waals surface area contributed by atoms with Gasteiger partial charge in [-0.3, -0.25) is 0 Å². The van der Waals surface area contributed by atoms with Gasteiger partial charge >= 0.3 is 6.03 Å². The van der Waals surface area contributed by atoms with Gasteiger partial charge in [0.2, 0.25) is 0 Å². The van der Waals surface area contributed by atoms with E-state index in [9.17, 15) is 4.79 Å². The number of carbonyl (C=O) groups is 1. The number of benzene rings is 1. The molecule has 2 aliphatic rings. The fourth-order valence-electron chi connectivity index (χ4n) is 3.15. The number of hydrogen-bond acceptors (Lipinski definition) is 5. The molecule has 2 N–H and O–H groups in total. The minimum absolute atomic E-state index is 0.0342. The lowest BCUT2D eigenvalue weighted by molar-refractivity contribution is 0.00728. The van der Waals surface area contributed by atoms with Gasteiger partial charge in [-0.05, 0) is 24.6 Å². The number of carbonyl (C=O) groups excluding carboxylic acids is 1. The van der Waals surface area contributed by atoms with Gasteiger partial charge < -0.3 is 25.0 Å². The third-order valence-corrected chi connectivity index (χ3v) is 5.75. The van der Waals surface area contributed by atoms with E-state index in [1.54, 1.807) is 11.0 Å². The van der Waals surface area contributed by atoms with E-state index < -0.39 is 0 Å². The Morgan fingerprint density at radius 1 is 1.36 bits per heavy atom. The Labute approximate surface area is 157 Å². The molecule has 8 heteroatoms. The number of anilines is 2. The van der Waals surface area contributed by atoms with E-state index in [1.807, 2.05) is 23.9 Å². The summed E-state index contributed by atoms with van der Waals surface area (Å²) in [6.07, 6.45) is 0.514. The molecule has 25 heavy (non-hydrogen) atoms. The number of aliphatic hydroxyl groups is 1. The van der Waals surface area contributed by atoms with Crippen LogP contribution in [0.3, 0.4) is 0 Å². The Morgan fingerprint density at radius 3 is 2.88 bits per heavy atom. The minimum Gasteiger partial charge on any atom is -0.396 e. The summed E-state index contributed by atoms with van der Waals surface area (Å²) in [5, 5.41) is 12.7. The number of halogens is 1. The predicted molar refractivity (Wildman–Crippen MR) is 103 cm³/mol. The van der Waals surface area contributed by atoms with Crippen molar-refractivity contribution in [3.63, 3.8) is 0 Å². The Bertz CT molecular complexity index is 597. The first-order valence-electron chi connectivity index (χ1n) is 8.57. The Balaban J connectivity index is 1.65. The van der Waals surface area contributed by atoms with Gasteiger partial charge in [-0.2, -0.15) is 11.8 Å². The summed E-state index contributed by atoms with van der Waals surface area (Å²) >= 11 is 8.40. The highest BCUT2D eigenvalue weighted by Gasteiger charge is 2.27. The van der Waals surface area contributed by atoms with Crippen molar-refractivity contribution in [2.75, 3.05) is 61.2 Å². The number of ether oxygens (including phenoxy) is 1. The first kappa shape index (κ1) is 18.6. The topological polar surface area (TPSA) is 65.0 Å². The molecule has 2 amide bonds. The van der Waals surface area contributed by atoms with Gasteiger partial charge in [-0.25, -0.2) is 4.79 Å². The van der Waals surface area contributed by atoms with Crippen LogP contribution in [0.15, 0.2) is 18.2 Å². The van der Waals surface area contributed by atoms with Crippen LogP contribution < -0.4 is 10.2 Å². The van der Waals surface area contributed by atoms with Gasteiger partial charge in [0, 0.05) is 43.4 Å². The molecule has 2 saturated heterocycles. The molecule has 0 bridgehead atoms. The van der Waals surface area contributed by atoms with E-state index >= 15 is 0 Å². The first-order valence-corrected chi connectivity index (χ1v) is 10.1. The monoisotopic (exact) mass is 385 g/mol. The van der Waals surface area contributed by atoms with E-state index in [0.29, 0.717) is 36.9 Å². The van der Waals surface area contributed by atoms with Crippen molar-refractivity contribution in [3.8, 4) is 0 Å². The average Bonchev–Trinajstić information content (AvgIpc) is 2.63. The number of urea groups is 1. The third-order valence-electron chi connectivity index (χ3n) is 4.50. The molecule has 0 aliphatic carbocycles. The number of rotatable bonds is 4. The van der Waals surface area contributed by atoms with Crippen molar-refractivity contribution in [2.45, 2.75) is 12.5 Å².